The molecule has 0 N–H and O–H groups in total. The van der Waals surface area contributed by atoms with Gasteiger partial charge < -0.3 is 4.74 Å². The van der Waals surface area contributed by atoms with E-state index < -0.39 is 0 Å². The van der Waals surface area contributed by atoms with Gasteiger partial charge in [0.25, 0.3) is 0 Å². The summed E-state index contributed by atoms with van der Waals surface area (Å²) in [6.45, 7) is 10.6. The Labute approximate surface area is 73.2 Å². The Bertz CT molecular complexity index is 212. The molecule has 2 heteroatoms. The van der Waals surface area contributed by atoms with Crippen LogP contribution < -0.4 is 0 Å². The fraction of sp³-hybridized carbons (Fsp3) is 0.300. The van der Waals surface area contributed by atoms with Gasteiger partial charge in [-0.15, -0.1) is 0 Å². The number of hydrogen-bond donors (Lipinski definition) is 0. The second kappa shape index (κ2) is 5.35. The molecule has 0 radical (unpaired) electrons. The molecule has 0 rings (SSSR count). The lowest BCUT2D eigenvalue weighted by Crippen LogP contribution is -2.12. The van der Waals surface area contributed by atoms with E-state index in [9.17, 15) is 4.79 Å². The second-order valence-electron chi connectivity index (χ2n) is 2.52. The van der Waals surface area contributed by atoms with Crippen LogP contribution >= 0.6 is 0 Å². The normalized spacial score (nSPS) is 11.1. The lowest BCUT2D eigenvalue weighted by atomic mass is 10.2. The Balaban J connectivity index is 4.32. The maximum Gasteiger partial charge on any atom is 0.338 e. The summed E-state index contributed by atoms with van der Waals surface area (Å²) < 4.78 is 4.93. The van der Waals surface area contributed by atoms with Crippen LogP contribution in [0.15, 0.2) is 37.0 Å². The van der Waals surface area contributed by atoms with Gasteiger partial charge in [-0.3, -0.25) is 0 Å². The molecule has 0 aromatic rings. The lowest BCUT2D eigenvalue weighted by Gasteiger charge is -2.07. The Kier molecular flexibility index (Phi) is 4.77. The number of esters is 1. The number of carbonyl (C=O) groups is 1. The first-order valence-corrected chi connectivity index (χ1v) is 3.78. The van der Waals surface area contributed by atoms with E-state index in [-0.39, 0.29) is 12.1 Å². The molecule has 0 amide bonds. The summed E-state index contributed by atoms with van der Waals surface area (Å²) in [4.78, 5) is 11.2. The van der Waals surface area contributed by atoms with Crippen molar-refractivity contribution in [3.8, 4) is 0 Å². The largest absolute Gasteiger partial charge is 0.459 e. The number of hydrogen-bond acceptors (Lipinski definition) is 2. The quantitative estimate of drug-likeness (QED) is 0.363. The van der Waals surface area contributed by atoms with E-state index in [0.29, 0.717) is 5.57 Å². The van der Waals surface area contributed by atoms with Crippen LogP contribution in [0.5, 0.6) is 0 Å². The fourth-order valence-electron chi connectivity index (χ4n) is 0.629. The zero-order chi connectivity index (χ0) is 9.56. The minimum atomic E-state index is -0.361. The summed E-state index contributed by atoms with van der Waals surface area (Å²) in [6, 6.07) is 0. The summed E-state index contributed by atoms with van der Waals surface area (Å²) in [5.74, 6) is -0.361. The maximum atomic E-state index is 11.2. The number of ether oxygens (including phenoxy) is 1. The van der Waals surface area contributed by atoms with Gasteiger partial charge in [-0.25, -0.2) is 4.79 Å². The summed E-state index contributed by atoms with van der Waals surface area (Å²) in [7, 11) is 0. The van der Waals surface area contributed by atoms with Crippen molar-refractivity contribution in [3.05, 3.63) is 37.0 Å². The van der Waals surface area contributed by atoms with Gasteiger partial charge in [0.1, 0.15) is 0 Å². The van der Waals surface area contributed by atoms with Gasteiger partial charge in [0.15, 0.2) is 0 Å². The molecular formula is C10H14O2. The third kappa shape index (κ3) is 3.76. The molecule has 0 aliphatic rings. The van der Waals surface area contributed by atoms with Crippen LogP contribution in [0.25, 0.3) is 0 Å². The molecule has 0 fully saturated rings. The highest BCUT2D eigenvalue weighted by Crippen LogP contribution is 2.02. The molecule has 0 unspecified atom stereocenters. The van der Waals surface area contributed by atoms with Crippen molar-refractivity contribution in [2.45, 2.75) is 20.0 Å². The third-order valence-corrected chi connectivity index (χ3v) is 1.10. The molecule has 0 spiro atoms. The van der Waals surface area contributed by atoms with Gasteiger partial charge in [-0.2, -0.15) is 0 Å². The van der Waals surface area contributed by atoms with E-state index in [1.165, 1.54) is 12.2 Å². The van der Waals surface area contributed by atoms with E-state index >= 15 is 0 Å². The van der Waals surface area contributed by atoms with Crippen molar-refractivity contribution >= 4 is 5.97 Å². The molecule has 12 heavy (non-hydrogen) atoms. The molecule has 0 aliphatic carbocycles. The monoisotopic (exact) mass is 166 g/mol. The lowest BCUT2D eigenvalue weighted by molar-refractivity contribution is -0.142. The second-order valence-corrected chi connectivity index (χ2v) is 2.52. The first-order valence-electron chi connectivity index (χ1n) is 3.78. The van der Waals surface area contributed by atoms with Crippen LogP contribution in [0.1, 0.15) is 13.8 Å². The van der Waals surface area contributed by atoms with E-state index in [2.05, 4.69) is 13.2 Å². The van der Waals surface area contributed by atoms with Crippen molar-refractivity contribution in [1.82, 2.24) is 0 Å². The van der Waals surface area contributed by atoms with Crippen LogP contribution in [0, 0.1) is 0 Å². The van der Waals surface area contributed by atoms with Gasteiger partial charge in [-0.05, 0) is 19.9 Å². The first kappa shape index (κ1) is 10.7. The van der Waals surface area contributed by atoms with Gasteiger partial charge >= 0.3 is 5.97 Å². The molecule has 2 nitrogen and oxygen atoms in total. The summed E-state index contributed by atoms with van der Waals surface area (Å²) >= 11 is 0. The van der Waals surface area contributed by atoms with E-state index in [0.717, 1.165) is 0 Å². The first-order chi connectivity index (χ1) is 5.61. The molecule has 0 saturated carbocycles. The maximum absolute atomic E-state index is 11.2. The van der Waals surface area contributed by atoms with Crippen LogP contribution in [0.3, 0.4) is 0 Å². The Morgan fingerprint density at radius 2 is 2.00 bits per heavy atom. The molecule has 0 bridgehead atoms. The highest BCUT2D eigenvalue weighted by molar-refractivity contribution is 5.91. The zero-order valence-electron chi connectivity index (χ0n) is 7.54. The van der Waals surface area contributed by atoms with Crippen LogP contribution in [-0.4, -0.2) is 12.1 Å². The number of carbonyl (C=O) groups excluding carboxylic acids is 1. The van der Waals surface area contributed by atoms with E-state index in [1.807, 2.05) is 0 Å². The molecule has 0 heterocycles. The van der Waals surface area contributed by atoms with Crippen molar-refractivity contribution in [2.75, 3.05) is 0 Å². The highest BCUT2D eigenvalue weighted by Gasteiger charge is 2.07. The topological polar surface area (TPSA) is 26.3 Å². The number of allylic oxidation sites excluding steroid dienone is 2. The molecule has 0 aliphatic heterocycles. The van der Waals surface area contributed by atoms with Crippen LogP contribution in [0.2, 0.25) is 0 Å². The SMILES string of the molecule is C=CC=C(C=C)C(=O)OC(C)C. The predicted molar refractivity (Wildman–Crippen MR) is 49.7 cm³/mol. The molecule has 0 aromatic heterocycles. The summed E-state index contributed by atoms with van der Waals surface area (Å²) in [6.07, 6.45) is 4.44. The van der Waals surface area contributed by atoms with Crippen molar-refractivity contribution < 1.29 is 9.53 Å². The highest BCUT2D eigenvalue weighted by atomic mass is 16.5. The third-order valence-electron chi connectivity index (χ3n) is 1.10. The van der Waals surface area contributed by atoms with E-state index in [4.69, 9.17) is 4.74 Å². The van der Waals surface area contributed by atoms with Crippen LogP contribution in [-0.2, 0) is 9.53 Å². The molecule has 66 valence electrons. The standard InChI is InChI=1S/C10H14O2/c1-5-7-9(6-2)10(11)12-8(3)4/h5-8H,1-2H2,3-4H3. The van der Waals surface area contributed by atoms with Gasteiger partial charge in [0.05, 0.1) is 11.7 Å². The van der Waals surface area contributed by atoms with Crippen LogP contribution in [0.4, 0.5) is 0 Å². The van der Waals surface area contributed by atoms with E-state index in [1.54, 1.807) is 19.9 Å². The minimum absolute atomic E-state index is 0.106. The predicted octanol–water partition coefficient (Wildman–Crippen LogP) is 2.24. The molecule has 0 saturated heterocycles. The molecule has 0 atom stereocenters. The van der Waals surface area contributed by atoms with Crippen molar-refractivity contribution in [2.24, 2.45) is 0 Å². The minimum Gasteiger partial charge on any atom is -0.459 e. The zero-order valence-corrected chi connectivity index (χ0v) is 7.54. The average molecular weight is 166 g/mol. The smallest absolute Gasteiger partial charge is 0.338 e. The average Bonchev–Trinajstić information content (AvgIpc) is 1.98. The molecule has 0 aromatic carbocycles. The van der Waals surface area contributed by atoms with Crippen molar-refractivity contribution in [1.29, 1.82) is 0 Å². The summed E-state index contributed by atoms with van der Waals surface area (Å²) in [5.41, 5.74) is 0.429. The summed E-state index contributed by atoms with van der Waals surface area (Å²) in [5, 5.41) is 0. The van der Waals surface area contributed by atoms with Gasteiger partial charge in [-0.1, -0.05) is 25.3 Å². The Morgan fingerprint density at radius 3 is 2.33 bits per heavy atom. The molecular weight excluding hydrogens is 152 g/mol. The fourth-order valence-corrected chi connectivity index (χ4v) is 0.629. The van der Waals surface area contributed by atoms with Crippen molar-refractivity contribution in [3.63, 3.8) is 0 Å². The van der Waals surface area contributed by atoms with Gasteiger partial charge in [0, 0.05) is 0 Å². The Morgan fingerprint density at radius 1 is 1.42 bits per heavy atom. The Hall–Kier alpha value is -1.31. The number of rotatable bonds is 4. The van der Waals surface area contributed by atoms with Gasteiger partial charge in [0.2, 0.25) is 0 Å².